The lowest BCUT2D eigenvalue weighted by Gasteiger charge is -2.14. The molecule has 2 atom stereocenters. The Balaban J connectivity index is 1.60. The van der Waals surface area contributed by atoms with E-state index in [0.717, 1.165) is 29.1 Å². The predicted molar refractivity (Wildman–Crippen MR) is 81.1 cm³/mol. The maximum absolute atomic E-state index is 12.0. The van der Waals surface area contributed by atoms with Crippen molar-refractivity contribution in [1.29, 1.82) is 0 Å². The van der Waals surface area contributed by atoms with Crippen molar-refractivity contribution in [2.24, 2.45) is 5.92 Å². The molecular weight excluding hydrogens is 292 g/mol. The molecule has 0 spiro atoms. The average molecular weight is 308 g/mol. The molecule has 1 aliphatic rings. The van der Waals surface area contributed by atoms with Gasteiger partial charge >= 0.3 is 0 Å². The number of hydrogen-bond acceptors (Lipinski definition) is 5. The zero-order chi connectivity index (χ0) is 13.9. The monoisotopic (exact) mass is 308 g/mol. The van der Waals surface area contributed by atoms with Gasteiger partial charge in [-0.25, -0.2) is 4.98 Å². The van der Waals surface area contributed by atoms with Gasteiger partial charge < -0.3 is 10.4 Å². The number of amides is 1. The highest BCUT2D eigenvalue weighted by molar-refractivity contribution is 7.20. The fourth-order valence-electron chi connectivity index (χ4n) is 2.46. The second kappa shape index (κ2) is 6.03. The van der Waals surface area contributed by atoms with Crippen LogP contribution in [-0.2, 0) is 0 Å². The Hall–Kier alpha value is -1.24. The summed E-state index contributed by atoms with van der Waals surface area (Å²) in [5, 5.41) is 17.3. The lowest BCUT2D eigenvalue weighted by atomic mass is 10.1. The summed E-state index contributed by atoms with van der Waals surface area (Å²) in [6.45, 7) is 0.534. The largest absolute Gasteiger partial charge is 0.393 e. The maximum atomic E-state index is 12.0. The summed E-state index contributed by atoms with van der Waals surface area (Å²) in [7, 11) is 0. The molecule has 1 amide bonds. The molecule has 2 aromatic heterocycles. The van der Waals surface area contributed by atoms with Crippen LogP contribution in [-0.4, -0.2) is 28.6 Å². The molecule has 1 aliphatic carbocycles. The van der Waals surface area contributed by atoms with Crippen molar-refractivity contribution in [3.63, 3.8) is 0 Å². The first kappa shape index (κ1) is 13.7. The number of thiophene rings is 1. The number of thiazole rings is 1. The van der Waals surface area contributed by atoms with E-state index < -0.39 is 0 Å². The molecule has 1 saturated carbocycles. The zero-order valence-electron chi connectivity index (χ0n) is 10.9. The lowest BCUT2D eigenvalue weighted by Crippen LogP contribution is -2.32. The van der Waals surface area contributed by atoms with Crippen molar-refractivity contribution < 1.29 is 9.90 Å². The molecular formula is C14H16N2O2S2. The summed E-state index contributed by atoms with van der Waals surface area (Å²) in [6.07, 6.45) is 2.60. The minimum atomic E-state index is -0.271. The molecule has 2 heterocycles. The van der Waals surface area contributed by atoms with Crippen molar-refractivity contribution in [3.8, 4) is 9.88 Å². The average Bonchev–Trinajstić information content (AvgIpc) is 3.17. The van der Waals surface area contributed by atoms with Gasteiger partial charge in [-0.05, 0) is 24.3 Å². The molecule has 0 bridgehead atoms. The molecule has 3 rings (SSSR count). The van der Waals surface area contributed by atoms with E-state index >= 15 is 0 Å². The van der Waals surface area contributed by atoms with Gasteiger partial charge in [0.15, 0.2) is 0 Å². The van der Waals surface area contributed by atoms with E-state index in [0.29, 0.717) is 12.2 Å². The number of nitrogens with one attached hydrogen (secondary N) is 1. The maximum Gasteiger partial charge on any atom is 0.270 e. The van der Waals surface area contributed by atoms with Gasteiger partial charge in [-0.3, -0.25) is 4.79 Å². The second-order valence-corrected chi connectivity index (χ2v) is 6.79. The first-order chi connectivity index (χ1) is 9.74. The fourth-order valence-corrected chi connectivity index (χ4v) is 4.08. The Bertz CT molecular complexity index is 580. The van der Waals surface area contributed by atoms with Crippen LogP contribution >= 0.6 is 22.7 Å². The minimum Gasteiger partial charge on any atom is -0.393 e. The van der Waals surface area contributed by atoms with E-state index in [2.05, 4.69) is 10.3 Å². The number of rotatable bonds is 4. The summed E-state index contributed by atoms with van der Waals surface area (Å²) in [4.78, 5) is 17.5. The van der Waals surface area contributed by atoms with Crippen molar-refractivity contribution in [2.75, 3.05) is 6.54 Å². The Morgan fingerprint density at radius 1 is 1.45 bits per heavy atom. The smallest absolute Gasteiger partial charge is 0.270 e. The van der Waals surface area contributed by atoms with Crippen molar-refractivity contribution in [1.82, 2.24) is 10.3 Å². The van der Waals surface area contributed by atoms with E-state index in [1.807, 2.05) is 17.5 Å². The minimum absolute atomic E-state index is 0.150. The van der Waals surface area contributed by atoms with Crippen molar-refractivity contribution >= 4 is 28.6 Å². The molecule has 0 radical (unpaired) electrons. The van der Waals surface area contributed by atoms with Crippen LogP contribution in [0.5, 0.6) is 0 Å². The molecule has 6 heteroatoms. The molecule has 2 unspecified atom stereocenters. The number of aliphatic hydroxyl groups excluding tert-OH is 1. The van der Waals surface area contributed by atoms with Gasteiger partial charge in [-0.2, -0.15) is 0 Å². The molecule has 1 fully saturated rings. The van der Waals surface area contributed by atoms with Crippen LogP contribution in [0.3, 0.4) is 0 Å². The number of carbonyl (C=O) groups excluding carboxylic acids is 1. The number of aliphatic hydroxyl groups is 1. The molecule has 2 N–H and O–H groups in total. The van der Waals surface area contributed by atoms with Gasteiger partial charge in [0.25, 0.3) is 5.91 Å². The van der Waals surface area contributed by atoms with Gasteiger partial charge in [0.1, 0.15) is 10.7 Å². The standard InChI is InChI=1S/C14H16N2O2S2/c17-11-4-1-3-9(11)7-15-13(18)10-8-20-14(16-10)12-5-2-6-19-12/h2,5-6,8-9,11,17H,1,3-4,7H2,(H,15,18). The van der Waals surface area contributed by atoms with Gasteiger partial charge in [0.2, 0.25) is 0 Å². The lowest BCUT2D eigenvalue weighted by molar-refractivity contribution is 0.0913. The van der Waals surface area contributed by atoms with E-state index in [1.165, 1.54) is 11.3 Å². The summed E-state index contributed by atoms with van der Waals surface area (Å²) in [5.74, 6) is 0.0394. The highest BCUT2D eigenvalue weighted by Gasteiger charge is 2.25. The van der Waals surface area contributed by atoms with Crippen molar-refractivity contribution in [3.05, 3.63) is 28.6 Å². The van der Waals surface area contributed by atoms with Crippen LogP contribution in [0.25, 0.3) is 9.88 Å². The number of hydrogen-bond donors (Lipinski definition) is 2. The third-order valence-corrected chi connectivity index (χ3v) is 5.49. The van der Waals surface area contributed by atoms with Crippen LogP contribution < -0.4 is 5.32 Å². The number of carbonyl (C=O) groups is 1. The Morgan fingerprint density at radius 3 is 3.05 bits per heavy atom. The molecule has 20 heavy (non-hydrogen) atoms. The zero-order valence-corrected chi connectivity index (χ0v) is 12.5. The molecule has 106 valence electrons. The fraction of sp³-hybridized carbons (Fsp3) is 0.429. The first-order valence-electron chi connectivity index (χ1n) is 6.69. The van der Waals surface area contributed by atoms with Crippen LogP contribution in [0.1, 0.15) is 29.8 Å². The third kappa shape index (κ3) is 2.92. The quantitative estimate of drug-likeness (QED) is 0.913. The van der Waals surface area contributed by atoms with Crippen LogP contribution in [0.2, 0.25) is 0 Å². The van der Waals surface area contributed by atoms with E-state index in [-0.39, 0.29) is 17.9 Å². The van der Waals surface area contributed by atoms with Crippen LogP contribution in [0.4, 0.5) is 0 Å². The van der Waals surface area contributed by atoms with Crippen LogP contribution in [0.15, 0.2) is 22.9 Å². The molecule has 0 aromatic carbocycles. The van der Waals surface area contributed by atoms with Gasteiger partial charge in [0, 0.05) is 17.8 Å². The topological polar surface area (TPSA) is 62.2 Å². The van der Waals surface area contributed by atoms with Gasteiger partial charge in [-0.1, -0.05) is 12.5 Å². The normalized spacial score (nSPS) is 22.1. The molecule has 0 aliphatic heterocycles. The predicted octanol–water partition coefficient (Wildman–Crippen LogP) is 2.76. The van der Waals surface area contributed by atoms with Gasteiger partial charge in [0.05, 0.1) is 11.0 Å². The Kier molecular flexibility index (Phi) is 4.14. The summed E-state index contributed by atoms with van der Waals surface area (Å²) in [6, 6.07) is 3.97. The van der Waals surface area contributed by atoms with Crippen LogP contribution in [0, 0.1) is 5.92 Å². The first-order valence-corrected chi connectivity index (χ1v) is 8.45. The Labute approximate surface area is 125 Å². The molecule has 4 nitrogen and oxygen atoms in total. The highest BCUT2D eigenvalue weighted by atomic mass is 32.1. The summed E-state index contributed by atoms with van der Waals surface area (Å²) < 4.78 is 0. The SMILES string of the molecule is O=C(NCC1CCCC1O)c1csc(-c2cccs2)n1. The molecule has 0 saturated heterocycles. The summed E-state index contributed by atoms with van der Waals surface area (Å²) in [5.41, 5.74) is 0.464. The third-order valence-electron chi connectivity index (χ3n) is 3.61. The van der Waals surface area contributed by atoms with E-state index in [9.17, 15) is 9.90 Å². The Morgan fingerprint density at radius 2 is 2.35 bits per heavy atom. The van der Waals surface area contributed by atoms with E-state index in [1.54, 1.807) is 16.7 Å². The van der Waals surface area contributed by atoms with E-state index in [4.69, 9.17) is 0 Å². The molecule has 2 aromatic rings. The second-order valence-electron chi connectivity index (χ2n) is 4.98. The highest BCUT2D eigenvalue weighted by Crippen LogP contribution is 2.28. The number of aromatic nitrogens is 1. The van der Waals surface area contributed by atoms with Crippen molar-refractivity contribution in [2.45, 2.75) is 25.4 Å². The number of nitrogens with zero attached hydrogens (tertiary/aromatic N) is 1. The summed E-state index contributed by atoms with van der Waals surface area (Å²) >= 11 is 3.10. The van der Waals surface area contributed by atoms with Gasteiger partial charge in [-0.15, -0.1) is 22.7 Å².